The van der Waals surface area contributed by atoms with Crippen molar-refractivity contribution < 1.29 is 4.79 Å². The highest BCUT2D eigenvalue weighted by Gasteiger charge is 2.25. The second-order valence-corrected chi connectivity index (χ2v) is 6.65. The highest BCUT2D eigenvalue weighted by Crippen LogP contribution is 2.23. The van der Waals surface area contributed by atoms with Crippen LogP contribution in [0.2, 0.25) is 5.02 Å². The first-order valence-electron chi connectivity index (χ1n) is 6.63. The molecule has 0 aliphatic heterocycles. The molecule has 1 atom stereocenters. The fourth-order valence-corrected chi connectivity index (χ4v) is 2.44. The fourth-order valence-electron chi connectivity index (χ4n) is 2.10. The zero-order valence-corrected chi connectivity index (χ0v) is 14.0. The molecular weight excluding hydrogens is 311 g/mol. The quantitative estimate of drug-likeness (QED) is 0.879. The van der Waals surface area contributed by atoms with Crippen LogP contribution in [0.1, 0.15) is 39.6 Å². The van der Waals surface area contributed by atoms with Crippen LogP contribution in [-0.4, -0.2) is 26.0 Å². The number of imidazole rings is 1. The van der Waals surface area contributed by atoms with Gasteiger partial charge in [0.2, 0.25) is 5.91 Å². The third-order valence-corrected chi connectivity index (χ3v) is 3.40. The summed E-state index contributed by atoms with van der Waals surface area (Å²) >= 11 is 11.9. The number of fused-ring (bicyclic) bond motifs is 1. The first-order chi connectivity index (χ1) is 9.73. The van der Waals surface area contributed by atoms with Gasteiger partial charge in [-0.25, -0.2) is 9.97 Å². The summed E-state index contributed by atoms with van der Waals surface area (Å²) in [5.41, 5.74) is 0.930. The summed E-state index contributed by atoms with van der Waals surface area (Å²) in [6, 6.07) is 1.25. The first-order valence-corrected chi connectivity index (χ1v) is 7.54. The molecule has 21 heavy (non-hydrogen) atoms. The Balaban J connectivity index is 2.47. The third kappa shape index (κ3) is 3.47. The Kier molecular flexibility index (Phi) is 4.44. The first kappa shape index (κ1) is 16.0. The van der Waals surface area contributed by atoms with Crippen LogP contribution in [0.5, 0.6) is 0 Å². The predicted molar refractivity (Wildman–Crippen MR) is 84.7 cm³/mol. The number of halogens is 2. The molecule has 0 bridgehead atoms. The van der Waals surface area contributed by atoms with Crippen LogP contribution >= 0.6 is 23.2 Å². The van der Waals surface area contributed by atoms with Crippen LogP contribution in [0.3, 0.4) is 0 Å². The van der Waals surface area contributed by atoms with Crippen LogP contribution in [0, 0.1) is 0 Å². The topological polar surface area (TPSA) is 59.8 Å². The molecule has 0 spiro atoms. The maximum atomic E-state index is 12.4. The lowest BCUT2D eigenvalue weighted by Gasteiger charge is -2.24. The van der Waals surface area contributed by atoms with Gasteiger partial charge in [0.25, 0.3) is 0 Å². The van der Waals surface area contributed by atoms with Crippen molar-refractivity contribution in [2.75, 3.05) is 0 Å². The van der Waals surface area contributed by atoms with E-state index in [1.807, 2.05) is 20.8 Å². The van der Waals surface area contributed by atoms with Gasteiger partial charge in [0.1, 0.15) is 17.4 Å². The molecule has 2 aromatic rings. The van der Waals surface area contributed by atoms with Gasteiger partial charge in [0, 0.05) is 11.7 Å². The van der Waals surface area contributed by atoms with Crippen molar-refractivity contribution >= 4 is 40.3 Å². The number of nitrogens with one attached hydrogen (secondary N) is 1. The smallest absolute Gasteiger partial charge is 0.243 e. The molecule has 0 fully saturated rings. The Morgan fingerprint density at radius 2 is 2.14 bits per heavy atom. The van der Waals surface area contributed by atoms with Gasteiger partial charge in [-0.2, -0.15) is 0 Å². The third-order valence-electron chi connectivity index (χ3n) is 2.95. The number of aromatic nitrogens is 3. The van der Waals surface area contributed by atoms with Gasteiger partial charge in [-0.3, -0.25) is 9.36 Å². The monoisotopic (exact) mass is 328 g/mol. The minimum Gasteiger partial charge on any atom is -0.350 e. The van der Waals surface area contributed by atoms with Gasteiger partial charge in [-0.15, -0.1) is 11.6 Å². The summed E-state index contributed by atoms with van der Waals surface area (Å²) in [4.78, 5) is 21.1. The number of hydrogen-bond donors (Lipinski definition) is 1. The van der Waals surface area contributed by atoms with Crippen molar-refractivity contribution in [2.45, 2.75) is 45.2 Å². The molecule has 2 aromatic heterocycles. The molecule has 1 N–H and O–H groups in total. The summed E-state index contributed by atoms with van der Waals surface area (Å²) in [7, 11) is 0. The highest BCUT2D eigenvalue weighted by atomic mass is 35.5. The minimum atomic E-state index is -0.461. The molecule has 2 heterocycles. The SMILES string of the molecule is CC(C(=O)NC(C)(C)C)n1c(CCl)nc2cc(Cl)cnc21. The normalized spacial score (nSPS) is 13.4. The lowest BCUT2D eigenvalue weighted by molar-refractivity contribution is -0.125. The molecule has 1 amide bonds. The van der Waals surface area contributed by atoms with E-state index in [1.165, 1.54) is 6.20 Å². The van der Waals surface area contributed by atoms with Crippen molar-refractivity contribution in [2.24, 2.45) is 0 Å². The zero-order valence-electron chi connectivity index (χ0n) is 12.4. The van der Waals surface area contributed by atoms with E-state index in [0.29, 0.717) is 22.0 Å². The summed E-state index contributed by atoms with van der Waals surface area (Å²) in [6.07, 6.45) is 1.54. The number of rotatable bonds is 3. The van der Waals surface area contributed by atoms with E-state index in [4.69, 9.17) is 23.2 Å². The Morgan fingerprint density at radius 3 is 2.71 bits per heavy atom. The Bertz CT molecular complexity index is 675. The van der Waals surface area contributed by atoms with E-state index < -0.39 is 6.04 Å². The van der Waals surface area contributed by atoms with E-state index in [1.54, 1.807) is 17.6 Å². The van der Waals surface area contributed by atoms with Gasteiger partial charge < -0.3 is 5.32 Å². The van der Waals surface area contributed by atoms with Crippen LogP contribution in [0.25, 0.3) is 11.2 Å². The second-order valence-electron chi connectivity index (χ2n) is 5.94. The van der Waals surface area contributed by atoms with E-state index in [0.717, 1.165) is 0 Å². The van der Waals surface area contributed by atoms with Crippen LogP contribution < -0.4 is 5.32 Å². The predicted octanol–water partition coefficient (Wildman–Crippen LogP) is 3.30. The summed E-state index contributed by atoms with van der Waals surface area (Å²) in [5.74, 6) is 0.684. The lowest BCUT2D eigenvalue weighted by atomic mass is 10.1. The summed E-state index contributed by atoms with van der Waals surface area (Å²) in [6.45, 7) is 7.60. The van der Waals surface area contributed by atoms with Gasteiger partial charge in [-0.1, -0.05) is 11.6 Å². The van der Waals surface area contributed by atoms with Gasteiger partial charge in [-0.05, 0) is 33.8 Å². The van der Waals surface area contributed by atoms with Crippen LogP contribution in [0.15, 0.2) is 12.3 Å². The molecule has 0 saturated heterocycles. The maximum absolute atomic E-state index is 12.4. The number of nitrogens with zero attached hydrogens (tertiary/aromatic N) is 3. The molecule has 0 aliphatic rings. The summed E-state index contributed by atoms with van der Waals surface area (Å²) in [5, 5.41) is 3.45. The average Bonchev–Trinajstić information content (AvgIpc) is 2.73. The highest BCUT2D eigenvalue weighted by molar-refractivity contribution is 6.31. The van der Waals surface area contributed by atoms with Gasteiger partial charge in [0.05, 0.1) is 10.9 Å². The molecule has 5 nitrogen and oxygen atoms in total. The molecule has 7 heteroatoms. The second kappa shape index (κ2) is 5.81. The van der Waals surface area contributed by atoms with Gasteiger partial charge >= 0.3 is 0 Å². The van der Waals surface area contributed by atoms with Crippen LogP contribution in [-0.2, 0) is 10.7 Å². The fraction of sp³-hybridized carbons (Fsp3) is 0.500. The minimum absolute atomic E-state index is 0.107. The average molecular weight is 329 g/mol. The largest absolute Gasteiger partial charge is 0.350 e. The number of alkyl halides is 1. The van der Waals surface area contributed by atoms with E-state index >= 15 is 0 Å². The Labute approximate surface area is 133 Å². The maximum Gasteiger partial charge on any atom is 0.243 e. The zero-order chi connectivity index (χ0) is 15.8. The van der Waals surface area contributed by atoms with Crippen molar-refractivity contribution in [3.8, 4) is 0 Å². The molecular formula is C14H18Cl2N4O. The number of pyridine rings is 1. The molecule has 0 aromatic carbocycles. The van der Waals surface area contributed by atoms with Crippen LogP contribution in [0.4, 0.5) is 0 Å². The van der Waals surface area contributed by atoms with E-state index in [9.17, 15) is 4.79 Å². The number of carbonyl (C=O) groups is 1. The Hall–Kier alpha value is -1.33. The van der Waals surface area contributed by atoms with E-state index in [-0.39, 0.29) is 17.3 Å². The van der Waals surface area contributed by atoms with Crippen molar-refractivity contribution in [3.05, 3.63) is 23.1 Å². The van der Waals surface area contributed by atoms with Gasteiger partial charge in [0.15, 0.2) is 5.65 Å². The molecule has 114 valence electrons. The number of hydrogen-bond acceptors (Lipinski definition) is 3. The summed E-state index contributed by atoms with van der Waals surface area (Å²) < 4.78 is 1.75. The van der Waals surface area contributed by atoms with Crippen molar-refractivity contribution in [3.63, 3.8) is 0 Å². The number of amides is 1. The number of carbonyl (C=O) groups excluding carboxylic acids is 1. The molecule has 0 aliphatic carbocycles. The Morgan fingerprint density at radius 1 is 1.48 bits per heavy atom. The molecule has 0 radical (unpaired) electrons. The van der Waals surface area contributed by atoms with Crippen molar-refractivity contribution in [1.29, 1.82) is 0 Å². The molecule has 2 rings (SSSR count). The molecule has 0 saturated carbocycles. The molecule has 1 unspecified atom stereocenters. The lowest BCUT2D eigenvalue weighted by Crippen LogP contribution is -2.44. The van der Waals surface area contributed by atoms with E-state index in [2.05, 4.69) is 15.3 Å². The van der Waals surface area contributed by atoms with Crippen molar-refractivity contribution in [1.82, 2.24) is 19.9 Å². The standard InChI is InChI=1S/C14H18Cl2N4O/c1-8(13(21)19-14(2,3)4)20-11(6-15)18-10-5-9(16)7-17-12(10)20/h5,7-8H,6H2,1-4H3,(H,19,21).